The summed E-state index contributed by atoms with van der Waals surface area (Å²) in [4.78, 5) is 0. The molecule has 0 aliphatic heterocycles. The maximum Gasteiger partial charge on any atom is 0.0605 e. The van der Waals surface area contributed by atoms with Gasteiger partial charge >= 0.3 is 0 Å². The lowest BCUT2D eigenvalue weighted by Crippen LogP contribution is -2.19. The number of benzene rings is 1. The summed E-state index contributed by atoms with van der Waals surface area (Å²) in [5.41, 5.74) is 1.30. The smallest absolute Gasteiger partial charge is 0.0605 e. The fraction of sp³-hybridized carbons (Fsp3) is 0.556. The number of hydrogen-bond donors (Lipinski definition) is 1. The molecule has 0 bridgehead atoms. The Morgan fingerprint density at radius 2 is 1.84 bits per heavy atom. The Morgan fingerprint density at radius 3 is 2.47 bits per heavy atom. The van der Waals surface area contributed by atoms with Gasteiger partial charge in [0.05, 0.1) is 6.10 Å². The van der Waals surface area contributed by atoms with Gasteiger partial charge < -0.3 is 5.11 Å². The summed E-state index contributed by atoms with van der Waals surface area (Å²) >= 11 is 0. The molecule has 1 heteroatoms. The van der Waals surface area contributed by atoms with Crippen LogP contribution in [0.2, 0.25) is 0 Å². The molecule has 0 amide bonds. The fourth-order valence-electron chi connectivity index (χ4n) is 2.45. The van der Waals surface area contributed by atoms with Crippen molar-refractivity contribution in [3.05, 3.63) is 48.6 Å². The van der Waals surface area contributed by atoms with Crippen LogP contribution in [0, 0.1) is 5.92 Å². The van der Waals surface area contributed by atoms with Gasteiger partial charge in [-0.05, 0) is 24.8 Å². The third kappa shape index (κ3) is 6.58. The van der Waals surface area contributed by atoms with Gasteiger partial charge in [0.2, 0.25) is 0 Å². The topological polar surface area (TPSA) is 20.2 Å². The standard InChI is InChI=1S/C18H28O/c1-3-5-6-10-13-17(4-2)18(19)15-14-16-11-8-7-9-12-16/h4,7-9,11-12,17-19H,2-3,5-6,10,13-15H2,1H3. The summed E-state index contributed by atoms with van der Waals surface area (Å²) in [6, 6.07) is 10.4. The molecule has 106 valence electrons. The Bertz CT molecular complexity index is 331. The number of aliphatic hydroxyl groups excluding tert-OH is 1. The molecule has 1 rings (SSSR count). The maximum absolute atomic E-state index is 10.3. The van der Waals surface area contributed by atoms with Crippen LogP contribution in [0.1, 0.15) is 51.0 Å². The molecule has 0 saturated heterocycles. The molecule has 0 aliphatic rings. The average Bonchev–Trinajstić information content (AvgIpc) is 2.46. The summed E-state index contributed by atoms with van der Waals surface area (Å²) in [5, 5.41) is 10.3. The average molecular weight is 260 g/mol. The van der Waals surface area contributed by atoms with Crippen LogP contribution >= 0.6 is 0 Å². The summed E-state index contributed by atoms with van der Waals surface area (Å²) in [6.45, 7) is 6.10. The van der Waals surface area contributed by atoms with Gasteiger partial charge in [0.15, 0.2) is 0 Å². The minimum absolute atomic E-state index is 0.251. The Hall–Kier alpha value is -1.08. The van der Waals surface area contributed by atoms with Crippen molar-refractivity contribution in [3.8, 4) is 0 Å². The van der Waals surface area contributed by atoms with E-state index in [0.29, 0.717) is 0 Å². The molecule has 0 aliphatic carbocycles. The van der Waals surface area contributed by atoms with Crippen molar-refractivity contribution < 1.29 is 5.11 Å². The second kappa shape index (κ2) is 9.80. The van der Waals surface area contributed by atoms with Crippen molar-refractivity contribution in [2.75, 3.05) is 0 Å². The fourth-order valence-corrected chi connectivity index (χ4v) is 2.45. The van der Waals surface area contributed by atoms with Gasteiger partial charge in [-0.2, -0.15) is 0 Å². The molecule has 0 spiro atoms. The van der Waals surface area contributed by atoms with Crippen LogP contribution in [0.25, 0.3) is 0 Å². The molecular formula is C18H28O. The molecule has 0 fully saturated rings. The van der Waals surface area contributed by atoms with E-state index in [2.05, 4.69) is 37.8 Å². The minimum Gasteiger partial charge on any atom is -0.393 e. The lowest BCUT2D eigenvalue weighted by Gasteiger charge is -2.19. The van der Waals surface area contributed by atoms with E-state index in [4.69, 9.17) is 0 Å². The van der Waals surface area contributed by atoms with Gasteiger partial charge in [-0.1, -0.05) is 69.0 Å². The first kappa shape index (κ1) is 16.0. The normalized spacial score (nSPS) is 14.0. The molecule has 0 heterocycles. The van der Waals surface area contributed by atoms with E-state index in [1.807, 2.05) is 12.1 Å². The predicted octanol–water partition coefficient (Wildman–Crippen LogP) is 4.75. The molecule has 19 heavy (non-hydrogen) atoms. The van der Waals surface area contributed by atoms with Gasteiger partial charge in [0.1, 0.15) is 0 Å². The number of rotatable bonds is 10. The zero-order valence-electron chi connectivity index (χ0n) is 12.2. The van der Waals surface area contributed by atoms with Crippen molar-refractivity contribution in [2.45, 2.75) is 58.0 Å². The Labute approximate surface area is 118 Å². The van der Waals surface area contributed by atoms with Crippen molar-refractivity contribution in [2.24, 2.45) is 5.92 Å². The van der Waals surface area contributed by atoms with Crippen LogP contribution in [0.5, 0.6) is 0 Å². The van der Waals surface area contributed by atoms with E-state index < -0.39 is 0 Å². The largest absolute Gasteiger partial charge is 0.393 e. The van der Waals surface area contributed by atoms with E-state index in [1.54, 1.807) is 0 Å². The number of unbranched alkanes of at least 4 members (excludes halogenated alkanes) is 3. The summed E-state index contributed by atoms with van der Waals surface area (Å²) < 4.78 is 0. The number of aliphatic hydroxyl groups is 1. The summed E-state index contributed by atoms with van der Waals surface area (Å²) in [7, 11) is 0. The maximum atomic E-state index is 10.3. The molecule has 1 nitrogen and oxygen atoms in total. The molecule has 0 saturated carbocycles. The van der Waals surface area contributed by atoms with Crippen molar-refractivity contribution in [1.82, 2.24) is 0 Å². The molecule has 0 radical (unpaired) electrons. The Balaban J connectivity index is 2.28. The SMILES string of the molecule is C=CC(CCCCCC)C(O)CCc1ccccc1. The van der Waals surface area contributed by atoms with Gasteiger partial charge in [0, 0.05) is 5.92 Å². The van der Waals surface area contributed by atoms with E-state index in [-0.39, 0.29) is 12.0 Å². The van der Waals surface area contributed by atoms with E-state index in [9.17, 15) is 5.11 Å². The van der Waals surface area contributed by atoms with Crippen LogP contribution in [-0.2, 0) is 6.42 Å². The highest BCUT2D eigenvalue weighted by Crippen LogP contribution is 2.19. The molecule has 2 atom stereocenters. The quantitative estimate of drug-likeness (QED) is 0.475. The van der Waals surface area contributed by atoms with Gasteiger partial charge in [-0.15, -0.1) is 6.58 Å². The highest BCUT2D eigenvalue weighted by molar-refractivity contribution is 5.14. The molecule has 2 unspecified atom stereocenters. The first-order valence-electron chi connectivity index (χ1n) is 7.62. The first-order chi connectivity index (χ1) is 9.27. The Morgan fingerprint density at radius 1 is 1.11 bits per heavy atom. The van der Waals surface area contributed by atoms with Gasteiger partial charge in [-0.3, -0.25) is 0 Å². The van der Waals surface area contributed by atoms with Gasteiger partial charge in [-0.25, -0.2) is 0 Å². The van der Waals surface area contributed by atoms with Crippen LogP contribution in [0.4, 0.5) is 0 Å². The minimum atomic E-state index is -0.251. The molecule has 1 aromatic rings. The summed E-state index contributed by atoms with van der Waals surface area (Å²) in [6.07, 6.45) is 9.55. The van der Waals surface area contributed by atoms with Crippen LogP contribution in [0.15, 0.2) is 43.0 Å². The second-order valence-corrected chi connectivity index (χ2v) is 5.34. The molecule has 1 aromatic carbocycles. The number of aryl methyl sites for hydroxylation is 1. The van der Waals surface area contributed by atoms with E-state index in [0.717, 1.165) is 19.3 Å². The highest BCUT2D eigenvalue weighted by atomic mass is 16.3. The number of hydrogen-bond acceptors (Lipinski definition) is 1. The molecule has 0 aromatic heterocycles. The zero-order chi connectivity index (χ0) is 13.9. The monoisotopic (exact) mass is 260 g/mol. The van der Waals surface area contributed by atoms with Crippen LogP contribution < -0.4 is 0 Å². The van der Waals surface area contributed by atoms with Crippen LogP contribution in [-0.4, -0.2) is 11.2 Å². The van der Waals surface area contributed by atoms with Crippen molar-refractivity contribution in [1.29, 1.82) is 0 Å². The molecule has 1 N–H and O–H groups in total. The zero-order valence-corrected chi connectivity index (χ0v) is 12.2. The van der Waals surface area contributed by atoms with Gasteiger partial charge in [0.25, 0.3) is 0 Å². The van der Waals surface area contributed by atoms with E-state index in [1.165, 1.54) is 31.2 Å². The third-order valence-corrected chi connectivity index (χ3v) is 3.76. The van der Waals surface area contributed by atoms with Crippen molar-refractivity contribution >= 4 is 0 Å². The lowest BCUT2D eigenvalue weighted by atomic mass is 9.91. The van der Waals surface area contributed by atoms with Crippen molar-refractivity contribution in [3.63, 3.8) is 0 Å². The molecular weight excluding hydrogens is 232 g/mol. The first-order valence-corrected chi connectivity index (χ1v) is 7.62. The highest BCUT2D eigenvalue weighted by Gasteiger charge is 2.15. The summed E-state index contributed by atoms with van der Waals surface area (Å²) in [5.74, 6) is 0.251. The van der Waals surface area contributed by atoms with Crippen LogP contribution in [0.3, 0.4) is 0 Å². The second-order valence-electron chi connectivity index (χ2n) is 5.34. The lowest BCUT2D eigenvalue weighted by molar-refractivity contribution is 0.115. The third-order valence-electron chi connectivity index (χ3n) is 3.76. The van der Waals surface area contributed by atoms with E-state index >= 15 is 0 Å². The Kier molecular flexibility index (Phi) is 8.24. The predicted molar refractivity (Wildman–Crippen MR) is 83.2 cm³/mol.